The lowest BCUT2D eigenvalue weighted by atomic mass is 10.1. The summed E-state index contributed by atoms with van der Waals surface area (Å²) in [7, 11) is 0. The zero-order valence-corrected chi connectivity index (χ0v) is 19.3. The van der Waals surface area contributed by atoms with Gasteiger partial charge in [-0.15, -0.1) is 10.2 Å². The summed E-state index contributed by atoms with van der Waals surface area (Å²) < 4.78 is 0.827. The number of benzene rings is 1. The van der Waals surface area contributed by atoms with Gasteiger partial charge < -0.3 is 0 Å². The van der Waals surface area contributed by atoms with Gasteiger partial charge in [0.2, 0.25) is 11.0 Å². The third-order valence-electron chi connectivity index (χ3n) is 4.15. The first-order valence-corrected chi connectivity index (χ1v) is 12.1. The third-order valence-corrected chi connectivity index (χ3v) is 7.37. The van der Waals surface area contributed by atoms with Gasteiger partial charge in [0.05, 0.1) is 16.5 Å². The van der Waals surface area contributed by atoms with E-state index in [1.165, 1.54) is 28.7 Å². The van der Waals surface area contributed by atoms with Gasteiger partial charge in [0.15, 0.2) is 4.34 Å². The minimum Gasteiger partial charge on any atom is -0.300 e. The summed E-state index contributed by atoms with van der Waals surface area (Å²) in [4.78, 5) is 17.5. The number of nitriles is 1. The summed E-state index contributed by atoms with van der Waals surface area (Å²) in [5.41, 5.74) is 3.37. The Hall–Kier alpha value is -2.41. The number of hydrogen-bond acceptors (Lipinski definition) is 8. The predicted octanol–water partition coefficient (Wildman–Crippen LogP) is 5.40. The fraction of sp³-hybridized carbons (Fsp3) is 0.286. The Kier molecular flexibility index (Phi) is 7.85. The summed E-state index contributed by atoms with van der Waals surface area (Å²) in [6.07, 6.45) is 0.590. The first-order valence-electron chi connectivity index (χ1n) is 9.46. The second kappa shape index (κ2) is 10.6. The lowest BCUT2D eigenvalue weighted by Gasteiger charge is -2.14. The molecular weight excluding hydrogens is 434 g/mol. The van der Waals surface area contributed by atoms with Crippen LogP contribution in [0, 0.1) is 18.3 Å². The maximum atomic E-state index is 12.8. The molecular formula is C21H21N5OS3. The molecule has 3 rings (SSSR count). The lowest BCUT2D eigenvalue weighted by molar-refractivity contribution is -0.115. The highest BCUT2D eigenvalue weighted by Crippen LogP contribution is 2.31. The highest BCUT2D eigenvalue weighted by molar-refractivity contribution is 8.01. The van der Waals surface area contributed by atoms with Gasteiger partial charge in [0.1, 0.15) is 11.1 Å². The van der Waals surface area contributed by atoms with Crippen molar-refractivity contribution in [1.29, 1.82) is 5.26 Å². The van der Waals surface area contributed by atoms with Gasteiger partial charge in [-0.2, -0.15) is 5.26 Å². The van der Waals surface area contributed by atoms with Crippen molar-refractivity contribution in [2.75, 3.05) is 11.1 Å². The molecule has 0 fully saturated rings. The Morgan fingerprint density at radius 2 is 1.97 bits per heavy atom. The van der Waals surface area contributed by atoms with Gasteiger partial charge in [-0.1, -0.05) is 78.5 Å². The van der Waals surface area contributed by atoms with Gasteiger partial charge in [0.25, 0.3) is 0 Å². The van der Waals surface area contributed by atoms with Crippen LogP contribution in [-0.2, 0) is 4.79 Å². The molecule has 0 aliphatic rings. The van der Waals surface area contributed by atoms with Gasteiger partial charge in [-0.3, -0.25) is 10.1 Å². The zero-order chi connectivity index (χ0) is 21.5. The first kappa shape index (κ1) is 22.3. The van der Waals surface area contributed by atoms with Crippen LogP contribution in [0.3, 0.4) is 0 Å². The molecule has 6 nitrogen and oxygen atoms in total. The lowest BCUT2D eigenvalue weighted by Crippen LogP contribution is -2.24. The molecule has 0 aliphatic carbocycles. The summed E-state index contributed by atoms with van der Waals surface area (Å²) in [6.45, 7) is 6.01. The molecule has 9 heteroatoms. The minimum atomic E-state index is -0.399. The van der Waals surface area contributed by atoms with E-state index < -0.39 is 5.25 Å². The summed E-state index contributed by atoms with van der Waals surface area (Å²) in [6, 6.07) is 13.8. The number of amides is 1. The van der Waals surface area contributed by atoms with E-state index in [1.54, 1.807) is 17.8 Å². The molecule has 2 aromatic heterocycles. The predicted molar refractivity (Wildman–Crippen MR) is 124 cm³/mol. The van der Waals surface area contributed by atoms with Gasteiger partial charge in [-0.05, 0) is 31.2 Å². The molecule has 2 heterocycles. The quantitative estimate of drug-likeness (QED) is 0.359. The van der Waals surface area contributed by atoms with Crippen molar-refractivity contribution in [1.82, 2.24) is 15.2 Å². The summed E-state index contributed by atoms with van der Waals surface area (Å²) in [5.74, 6) is 0.730. The average Bonchev–Trinajstić information content (AvgIpc) is 3.19. The molecule has 1 aromatic carbocycles. The van der Waals surface area contributed by atoms with Gasteiger partial charge in [0, 0.05) is 5.56 Å². The van der Waals surface area contributed by atoms with E-state index in [-0.39, 0.29) is 5.91 Å². The molecule has 0 saturated heterocycles. The second-order valence-corrected chi connectivity index (χ2v) is 10.0. The Balaban J connectivity index is 1.79. The number of hydrogen-bond donors (Lipinski definition) is 1. The highest BCUT2D eigenvalue weighted by Gasteiger charge is 2.22. The van der Waals surface area contributed by atoms with Crippen molar-refractivity contribution >= 4 is 45.9 Å². The van der Waals surface area contributed by atoms with E-state index >= 15 is 0 Å². The van der Waals surface area contributed by atoms with Crippen molar-refractivity contribution in [2.24, 2.45) is 0 Å². The number of carbonyl (C=O) groups excluding carboxylic acids is 1. The van der Waals surface area contributed by atoms with Crippen molar-refractivity contribution in [3.63, 3.8) is 0 Å². The number of anilines is 1. The Morgan fingerprint density at radius 1 is 1.20 bits per heavy atom. The van der Waals surface area contributed by atoms with Crippen LogP contribution < -0.4 is 5.32 Å². The molecule has 154 valence electrons. The topological polar surface area (TPSA) is 91.6 Å². The molecule has 0 aliphatic heterocycles. The van der Waals surface area contributed by atoms with Crippen LogP contribution in [-0.4, -0.2) is 32.1 Å². The normalized spacial score (nSPS) is 11.7. The zero-order valence-electron chi connectivity index (χ0n) is 16.9. The van der Waals surface area contributed by atoms with Crippen LogP contribution in [0.5, 0.6) is 0 Å². The van der Waals surface area contributed by atoms with E-state index in [4.69, 9.17) is 0 Å². The number of thioether (sulfide) groups is 2. The van der Waals surface area contributed by atoms with Crippen molar-refractivity contribution in [3.05, 3.63) is 47.5 Å². The molecule has 0 radical (unpaired) electrons. The molecule has 0 bridgehead atoms. The molecule has 1 amide bonds. The van der Waals surface area contributed by atoms with Crippen LogP contribution >= 0.6 is 34.9 Å². The highest BCUT2D eigenvalue weighted by atomic mass is 32.2. The molecule has 1 atom stereocenters. The van der Waals surface area contributed by atoms with Crippen molar-refractivity contribution in [2.45, 2.75) is 41.8 Å². The minimum absolute atomic E-state index is 0.168. The first-order chi connectivity index (χ1) is 14.5. The van der Waals surface area contributed by atoms with Crippen LogP contribution in [0.2, 0.25) is 0 Å². The van der Waals surface area contributed by atoms with E-state index in [0.29, 0.717) is 22.1 Å². The van der Waals surface area contributed by atoms with E-state index in [1.807, 2.05) is 51.1 Å². The number of carbonyl (C=O) groups is 1. The van der Waals surface area contributed by atoms with E-state index in [9.17, 15) is 10.1 Å². The number of aromatic nitrogens is 3. The van der Waals surface area contributed by atoms with Crippen molar-refractivity contribution < 1.29 is 4.79 Å². The Labute approximate surface area is 188 Å². The number of rotatable bonds is 8. The smallest absolute Gasteiger partial charge is 0.239 e. The van der Waals surface area contributed by atoms with Gasteiger partial charge in [-0.25, -0.2) is 4.98 Å². The summed E-state index contributed by atoms with van der Waals surface area (Å²) in [5, 5.41) is 21.1. The SMILES string of the molecule is CCSc1nnc(NC(=O)C(CC)Sc2nc(-c3ccc(C)cc3)ccc2C#N)s1. The molecule has 0 saturated carbocycles. The molecule has 1 N–H and O–H groups in total. The Morgan fingerprint density at radius 3 is 2.63 bits per heavy atom. The van der Waals surface area contributed by atoms with Crippen LogP contribution in [0.15, 0.2) is 45.8 Å². The molecule has 0 spiro atoms. The standard InChI is InChI=1S/C21H21N5OS3/c1-4-17(18(27)24-20-25-26-21(30-20)28-5-2)29-19-15(12-22)10-11-16(23-19)14-8-6-13(3)7-9-14/h6-11,17H,4-5H2,1-3H3,(H,24,25,27). The monoisotopic (exact) mass is 455 g/mol. The van der Waals surface area contributed by atoms with E-state index in [0.717, 1.165) is 21.3 Å². The summed E-state index contributed by atoms with van der Waals surface area (Å²) >= 11 is 4.25. The average molecular weight is 456 g/mol. The maximum Gasteiger partial charge on any atom is 0.239 e. The van der Waals surface area contributed by atoms with Crippen LogP contribution in [0.4, 0.5) is 5.13 Å². The number of aryl methyl sites for hydroxylation is 1. The number of nitrogens with one attached hydrogen (secondary N) is 1. The fourth-order valence-corrected chi connectivity index (χ4v) is 5.23. The van der Waals surface area contributed by atoms with Crippen LogP contribution in [0.25, 0.3) is 11.3 Å². The fourth-order valence-electron chi connectivity index (χ4n) is 2.59. The maximum absolute atomic E-state index is 12.8. The van der Waals surface area contributed by atoms with Crippen molar-refractivity contribution in [3.8, 4) is 17.3 Å². The number of nitrogens with zero attached hydrogens (tertiary/aromatic N) is 4. The second-order valence-electron chi connectivity index (χ2n) is 6.34. The third kappa shape index (κ3) is 5.59. The molecule has 3 aromatic rings. The Bertz CT molecular complexity index is 1060. The van der Waals surface area contributed by atoms with Gasteiger partial charge >= 0.3 is 0 Å². The molecule has 30 heavy (non-hydrogen) atoms. The molecule has 1 unspecified atom stereocenters. The van der Waals surface area contributed by atoms with E-state index in [2.05, 4.69) is 26.6 Å². The van der Waals surface area contributed by atoms with Crippen LogP contribution in [0.1, 0.15) is 31.4 Å². The number of pyridine rings is 1. The largest absolute Gasteiger partial charge is 0.300 e.